The number of aryl methyl sites for hydroxylation is 3. The van der Waals surface area contributed by atoms with Crippen molar-refractivity contribution < 1.29 is 4.79 Å². The lowest BCUT2D eigenvalue weighted by atomic mass is 10.2. The summed E-state index contributed by atoms with van der Waals surface area (Å²) in [5, 5.41) is 1.24. The van der Waals surface area contributed by atoms with Crippen LogP contribution in [0.4, 0.5) is 0 Å². The summed E-state index contributed by atoms with van der Waals surface area (Å²) in [5.41, 5.74) is 2.77. The van der Waals surface area contributed by atoms with Crippen molar-refractivity contribution in [2.75, 3.05) is 18.8 Å². The molecule has 0 radical (unpaired) electrons. The fourth-order valence-electron chi connectivity index (χ4n) is 3.49. The van der Waals surface area contributed by atoms with Crippen molar-refractivity contribution in [1.29, 1.82) is 0 Å². The molecule has 0 saturated carbocycles. The molecule has 5 nitrogen and oxygen atoms in total. The molecule has 0 spiro atoms. The Morgan fingerprint density at radius 3 is 2.50 bits per heavy atom. The highest BCUT2D eigenvalue weighted by molar-refractivity contribution is 7.99. The monoisotopic (exact) mass is 443 g/mol. The minimum Gasteiger partial charge on any atom is -0.342 e. The Morgan fingerprint density at radius 1 is 1.17 bits per heavy atom. The number of benzene rings is 1. The number of carbonyl (C=O) groups excluding carboxylic acids is 1. The molecule has 0 N–H and O–H groups in total. The molecule has 3 aromatic rings. The standard InChI is InChI=1S/C23H29N3O2S2/c1-6-11-25(12-7-2)19(27)14-29-23-24-21-20(16(4)17(5)30-21)22(28)26(23)18-10-8-9-15(3)13-18/h8-10,13H,6-7,11-12,14H2,1-5H3. The minimum absolute atomic E-state index is 0.0682. The Kier molecular flexibility index (Phi) is 7.36. The van der Waals surface area contributed by atoms with Crippen molar-refractivity contribution in [3.05, 3.63) is 50.6 Å². The molecular weight excluding hydrogens is 414 g/mol. The minimum atomic E-state index is -0.0682. The molecule has 0 bridgehead atoms. The van der Waals surface area contributed by atoms with Gasteiger partial charge >= 0.3 is 0 Å². The smallest absolute Gasteiger partial charge is 0.267 e. The van der Waals surface area contributed by atoms with E-state index in [1.165, 1.54) is 23.1 Å². The molecule has 0 atom stereocenters. The summed E-state index contributed by atoms with van der Waals surface area (Å²) < 4.78 is 1.66. The predicted octanol–water partition coefficient (Wildman–Crippen LogP) is 5.11. The quantitative estimate of drug-likeness (QED) is 0.358. The third kappa shape index (κ3) is 4.62. The van der Waals surface area contributed by atoms with Crippen LogP contribution in [-0.4, -0.2) is 39.2 Å². The fourth-order valence-corrected chi connectivity index (χ4v) is 5.47. The Bertz CT molecular complexity index is 1110. The van der Waals surface area contributed by atoms with Crippen molar-refractivity contribution in [2.45, 2.75) is 52.6 Å². The first-order chi connectivity index (χ1) is 14.4. The molecule has 3 rings (SSSR count). The van der Waals surface area contributed by atoms with E-state index in [0.717, 1.165) is 52.5 Å². The van der Waals surface area contributed by atoms with Gasteiger partial charge in [0, 0.05) is 18.0 Å². The summed E-state index contributed by atoms with van der Waals surface area (Å²) in [6.45, 7) is 11.7. The zero-order valence-corrected chi connectivity index (χ0v) is 20.0. The largest absolute Gasteiger partial charge is 0.342 e. The molecule has 7 heteroatoms. The Morgan fingerprint density at radius 2 is 1.87 bits per heavy atom. The van der Waals surface area contributed by atoms with E-state index in [4.69, 9.17) is 4.98 Å². The molecule has 1 amide bonds. The summed E-state index contributed by atoms with van der Waals surface area (Å²) in [7, 11) is 0. The highest BCUT2D eigenvalue weighted by atomic mass is 32.2. The van der Waals surface area contributed by atoms with Crippen molar-refractivity contribution in [1.82, 2.24) is 14.5 Å². The van der Waals surface area contributed by atoms with Crippen LogP contribution in [0.2, 0.25) is 0 Å². The van der Waals surface area contributed by atoms with Gasteiger partial charge in [-0.3, -0.25) is 14.2 Å². The van der Waals surface area contributed by atoms with E-state index in [9.17, 15) is 9.59 Å². The van der Waals surface area contributed by atoms with Crippen LogP contribution in [0.15, 0.2) is 34.2 Å². The van der Waals surface area contributed by atoms with Gasteiger partial charge < -0.3 is 4.90 Å². The van der Waals surface area contributed by atoms with Crippen LogP contribution in [0.25, 0.3) is 15.9 Å². The maximum atomic E-state index is 13.5. The number of thiophene rings is 1. The number of rotatable bonds is 8. The molecule has 0 saturated heterocycles. The number of hydrogen-bond acceptors (Lipinski definition) is 5. The van der Waals surface area contributed by atoms with Gasteiger partial charge in [0.05, 0.1) is 16.8 Å². The molecule has 0 unspecified atom stereocenters. The average Bonchev–Trinajstić information content (AvgIpc) is 2.99. The summed E-state index contributed by atoms with van der Waals surface area (Å²) >= 11 is 2.89. The summed E-state index contributed by atoms with van der Waals surface area (Å²) in [4.78, 5) is 34.9. The van der Waals surface area contributed by atoms with Crippen molar-refractivity contribution in [3.63, 3.8) is 0 Å². The molecule has 0 fully saturated rings. The second-order valence-corrected chi connectivity index (χ2v) is 9.65. The van der Waals surface area contributed by atoms with Crippen molar-refractivity contribution in [3.8, 4) is 5.69 Å². The van der Waals surface area contributed by atoms with E-state index in [1.54, 1.807) is 4.57 Å². The zero-order valence-electron chi connectivity index (χ0n) is 18.3. The lowest BCUT2D eigenvalue weighted by Gasteiger charge is -2.21. The first-order valence-electron chi connectivity index (χ1n) is 10.4. The summed E-state index contributed by atoms with van der Waals surface area (Å²) in [5.74, 6) is 0.361. The Labute approximate surface area is 186 Å². The van der Waals surface area contributed by atoms with Crippen LogP contribution < -0.4 is 5.56 Å². The number of fused-ring (bicyclic) bond motifs is 1. The van der Waals surface area contributed by atoms with Gasteiger partial charge in [-0.2, -0.15) is 0 Å². The van der Waals surface area contributed by atoms with E-state index in [-0.39, 0.29) is 17.2 Å². The maximum Gasteiger partial charge on any atom is 0.267 e. The summed E-state index contributed by atoms with van der Waals surface area (Å²) in [6.07, 6.45) is 1.87. The molecule has 2 heterocycles. The molecule has 30 heavy (non-hydrogen) atoms. The Hall–Kier alpha value is -2.12. The number of amides is 1. The third-order valence-corrected chi connectivity index (χ3v) is 7.12. The van der Waals surface area contributed by atoms with Gasteiger partial charge in [-0.05, 0) is 56.9 Å². The number of nitrogens with zero attached hydrogens (tertiary/aromatic N) is 3. The van der Waals surface area contributed by atoms with Crippen molar-refractivity contribution in [2.24, 2.45) is 0 Å². The topological polar surface area (TPSA) is 55.2 Å². The first-order valence-corrected chi connectivity index (χ1v) is 12.2. The highest BCUT2D eigenvalue weighted by Gasteiger charge is 2.20. The van der Waals surface area contributed by atoms with Crippen LogP contribution in [0, 0.1) is 20.8 Å². The predicted molar refractivity (Wildman–Crippen MR) is 127 cm³/mol. The van der Waals surface area contributed by atoms with Crippen LogP contribution in [0.1, 0.15) is 42.7 Å². The Balaban J connectivity index is 2.05. The van der Waals surface area contributed by atoms with Crippen LogP contribution in [0.5, 0.6) is 0 Å². The second kappa shape index (κ2) is 9.79. The van der Waals surface area contributed by atoms with Gasteiger partial charge in [0.15, 0.2) is 5.16 Å². The molecule has 0 aliphatic carbocycles. The van der Waals surface area contributed by atoms with Gasteiger partial charge in [-0.25, -0.2) is 4.98 Å². The summed E-state index contributed by atoms with van der Waals surface area (Å²) in [6, 6.07) is 7.85. The van der Waals surface area contributed by atoms with Gasteiger partial charge in [-0.15, -0.1) is 11.3 Å². The zero-order chi connectivity index (χ0) is 21.8. The highest BCUT2D eigenvalue weighted by Crippen LogP contribution is 2.29. The van der Waals surface area contributed by atoms with Gasteiger partial charge in [-0.1, -0.05) is 37.7 Å². The van der Waals surface area contributed by atoms with Crippen LogP contribution in [0.3, 0.4) is 0 Å². The maximum absolute atomic E-state index is 13.5. The molecular formula is C23H29N3O2S2. The van der Waals surface area contributed by atoms with E-state index in [0.29, 0.717) is 10.5 Å². The van der Waals surface area contributed by atoms with E-state index in [2.05, 4.69) is 13.8 Å². The SMILES string of the molecule is CCCN(CCC)C(=O)CSc1nc2sc(C)c(C)c2c(=O)n1-c1cccc(C)c1. The van der Waals surface area contributed by atoms with E-state index < -0.39 is 0 Å². The molecule has 1 aromatic carbocycles. The lowest BCUT2D eigenvalue weighted by molar-refractivity contribution is -0.128. The fraction of sp³-hybridized carbons (Fsp3) is 0.435. The number of aromatic nitrogens is 2. The number of carbonyl (C=O) groups is 1. The lowest BCUT2D eigenvalue weighted by Crippen LogP contribution is -2.34. The molecule has 160 valence electrons. The first kappa shape index (κ1) is 22.6. The van der Waals surface area contributed by atoms with E-state index in [1.807, 2.05) is 49.9 Å². The normalized spacial score (nSPS) is 11.2. The van der Waals surface area contributed by atoms with Gasteiger partial charge in [0.25, 0.3) is 5.56 Å². The molecule has 0 aliphatic rings. The average molecular weight is 444 g/mol. The van der Waals surface area contributed by atoms with Gasteiger partial charge in [0.1, 0.15) is 4.83 Å². The van der Waals surface area contributed by atoms with Crippen LogP contribution >= 0.6 is 23.1 Å². The van der Waals surface area contributed by atoms with Crippen LogP contribution in [-0.2, 0) is 4.79 Å². The second-order valence-electron chi connectivity index (χ2n) is 7.51. The number of thioether (sulfide) groups is 1. The molecule has 0 aliphatic heterocycles. The third-order valence-electron chi connectivity index (χ3n) is 5.10. The number of hydrogen-bond donors (Lipinski definition) is 0. The van der Waals surface area contributed by atoms with Gasteiger partial charge in [0.2, 0.25) is 5.91 Å². The van der Waals surface area contributed by atoms with Crippen molar-refractivity contribution >= 4 is 39.2 Å². The van der Waals surface area contributed by atoms with E-state index >= 15 is 0 Å². The molecule has 2 aromatic heterocycles.